The second-order valence-corrected chi connectivity index (χ2v) is 35.2. The molecule has 0 aliphatic carbocycles. The molecule has 0 spiro atoms. The number of carbonyl (C=O) groups excluding carboxylic acids is 2. The molecule has 0 radical (unpaired) electrons. The van der Waals surface area contributed by atoms with E-state index >= 15 is 0 Å². The zero-order valence-corrected chi connectivity index (χ0v) is 62.4. The van der Waals surface area contributed by atoms with Gasteiger partial charge >= 0.3 is 23.5 Å². The first-order valence-corrected chi connectivity index (χ1v) is 41.5. The lowest BCUT2D eigenvalue weighted by molar-refractivity contribution is -0.122. The molecule has 40 heteroatoms. The number of carbonyl (C=O) groups is 2. The van der Waals surface area contributed by atoms with E-state index in [9.17, 15) is 59.0 Å². The van der Waals surface area contributed by atoms with Gasteiger partial charge in [0.25, 0.3) is 20.2 Å². The lowest BCUT2D eigenvalue weighted by Gasteiger charge is -2.32. The first kappa shape index (κ1) is 82.4. The fourth-order valence-electron chi connectivity index (χ4n) is 11.4. The number of phosphoric acid groups is 3. The second kappa shape index (κ2) is 35.7. The van der Waals surface area contributed by atoms with E-state index in [-0.39, 0.29) is 78.8 Å². The summed E-state index contributed by atoms with van der Waals surface area (Å²) in [7, 11) is -23.0. The average molecular weight is 1540 g/mol. The summed E-state index contributed by atoms with van der Waals surface area (Å²) >= 11 is 0. The van der Waals surface area contributed by atoms with E-state index in [4.69, 9.17) is 48.5 Å². The highest BCUT2D eigenvalue weighted by atomic mass is 33.1. The number of unbranched alkanes of at least 4 members (excludes halogenated alkanes) is 2. The number of aliphatic imine (C=N–C) groups is 1. The van der Waals surface area contributed by atoms with Crippen molar-refractivity contribution in [3.8, 4) is 0 Å². The monoisotopic (exact) mass is 1540 g/mol. The van der Waals surface area contributed by atoms with Crippen LogP contribution in [0.4, 0.5) is 17.2 Å². The number of allylic oxidation sites excluding steroid dienone is 5. The number of phosphoric ester groups is 1. The molecule has 1 aromatic heterocycles. The Morgan fingerprint density at radius 1 is 0.820 bits per heavy atom. The fourth-order valence-corrected chi connectivity index (χ4v) is 17.7. The lowest BCUT2D eigenvalue weighted by atomic mass is 9.80. The van der Waals surface area contributed by atoms with Crippen LogP contribution in [0.3, 0.4) is 0 Å². The van der Waals surface area contributed by atoms with Crippen LogP contribution in [0, 0.1) is 0 Å². The van der Waals surface area contributed by atoms with Crippen LogP contribution in [0.5, 0.6) is 0 Å². The minimum Gasteiger partial charge on any atom is -0.379 e. The highest BCUT2D eigenvalue weighted by Crippen LogP contribution is 2.66. The zero-order chi connectivity index (χ0) is 73.5. The second-order valence-electron chi connectivity index (χ2n) is 25.0. The third-order valence-corrected chi connectivity index (χ3v) is 24.7. The number of likely N-dealkylation sites (N-methyl/N-ethyl adjacent to an activating group) is 1. The Balaban J connectivity index is 0.714. The normalized spacial score (nSPS) is 20.7. The molecule has 558 valence electrons. The molecule has 5 heterocycles. The van der Waals surface area contributed by atoms with E-state index < -0.39 is 84.3 Å². The lowest BCUT2D eigenvalue weighted by Crippen LogP contribution is -2.40. The van der Waals surface area contributed by atoms with E-state index in [0.29, 0.717) is 82.7 Å². The molecule has 3 unspecified atom stereocenters. The number of benzene rings is 2. The molecular weight excluding hydrogens is 1450 g/mol. The Hall–Kier alpha value is -4.89. The Kier molecular flexibility index (Phi) is 29.4. The number of amides is 2. The van der Waals surface area contributed by atoms with Gasteiger partial charge < -0.3 is 79.5 Å². The Morgan fingerprint density at radius 3 is 2.08 bits per heavy atom. The van der Waals surface area contributed by atoms with Gasteiger partial charge in [-0.3, -0.25) is 27.8 Å². The van der Waals surface area contributed by atoms with Crippen molar-refractivity contribution < 1.29 is 110 Å². The number of imidazole rings is 1. The molecule has 6 atom stereocenters. The van der Waals surface area contributed by atoms with E-state index in [2.05, 4.69) is 57.0 Å². The van der Waals surface area contributed by atoms with E-state index in [0.717, 1.165) is 41.0 Å². The standard InChI is InChI=1S/C60H90N9O24P3S4/c1-9-67-46-21-19-42(99(79,80)81)34-44(46)59(5,6)50(67)16-12-10-13-17-51-60(7,8)45-35-43(100(82,83)84)20-22-47(45)68(51)25-15-11-14-18-52(70)62-24-27-86-29-31-88-33-32-87-30-28-85-26-23-53(71)63-38-58(3,4)98-97-40-89-48-36-54(69-39-64-55-41(2)65-57(61)66-56(55)69)91-49(48)37-90-95(75,76)93-96(77,78)92-94(72,73)74/h10,12-13,16-17,19-22,34-35,39,48-49,51,54H,2,9,11,14-15,18,23-33,36-38,40H2,1,3-8H3,(H,62,70)(H,63,71)(H,75,76)(H,77,78)(H3,61,65,66)(H2,72,73,74)(H,79,80,81)(H,82,83,84)/b12-10+,17-13+,50-16+/t48-,49-,51?,54-/m1/s1. The summed E-state index contributed by atoms with van der Waals surface area (Å²) in [6.45, 7) is 21.1. The SMILES string of the molecule is C=C1NC(N)=Nc2c1ncn2[C@H]1C[C@@H](OCSSC(C)(C)CNC(=O)CCOCCOCCOCCOCCNC(=O)CCCCCN2c3ccc(S(=O)(=O)O)cc3C(C)(C)C2/C=C/C=C/C=C2/N(CC)c3ccc(S(=O)(=O)O)cc3C2(C)C)[C@@H](COP(=O)(O)OP(=O)(O)OP(=O)(O)O)O1. The van der Waals surface area contributed by atoms with Crippen LogP contribution in [0.25, 0.3) is 5.70 Å². The summed E-state index contributed by atoms with van der Waals surface area (Å²) in [5.74, 6) is 0.0473. The highest BCUT2D eigenvalue weighted by Gasteiger charge is 2.46. The maximum Gasteiger partial charge on any atom is 0.490 e. The van der Waals surface area contributed by atoms with E-state index in [1.807, 2.05) is 72.8 Å². The van der Waals surface area contributed by atoms with Crippen molar-refractivity contribution >= 4 is 106 Å². The third-order valence-electron chi connectivity index (χ3n) is 16.2. The van der Waals surface area contributed by atoms with Crippen LogP contribution in [0.1, 0.15) is 110 Å². The summed E-state index contributed by atoms with van der Waals surface area (Å²) in [6.07, 6.45) is 11.1. The van der Waals surface area contributed by atoms with Crippen molar-refractivity contribution in [2.45, 2.75) is 137 Å². The fraction of sp³-hybridized carbons (Fsp3) is 0.567. The number of anilines is 2. The van der Waals surface area contributed by atoms with Gasteiger partial charge in [-0.05, 0) is 87.2 Å². The molecule has 4 aliphatic heterocycles. The molecule has 100 heavy (non-hydrogen) atoms. The van der Waals surface area contributed by atoms with Crippen molar-refractivity contribution in [2.24, 2.45) is 10.7 Å². The van der Waals surface area contributed by atoms with Crippen LogP contribution in [0.15, 0.2) is 100 Å². The number of guanidine groups is 1. The van der Waals surface area contributed by atoms with Crippen LogP contribution in [0.2, 0.25) is 0 Å². The van der Waals surface area contributed by atoms with Crippen molar-refractivity contribution in [2.75, 3.05) is 101 Å². The molecule has 0 saturated carbocycles. The third kappa shape index (κ3) is 23.8. The largest absolute Gasteiger partial charge is 0.490 e. The first-order chi connectivity index (χ1) is 46.8. The molecular formula is C60H90N9O24P3S4. The maximum absolute atomic E-state index is 12.7. The minimum atomic E-state index is -5.78. The predicted octanol–water partition coefficient (Wildman–Crippen LogP) is 7.26. The summed E-state index contributed by atoms with van der Waals surface area (Å²) in [6, 6.07) is 9.10. The molecule has 2 aromatic carbocycles. The number of aromatic nitrogens is 2. The molecule has 3 aromatic rings. The van der Waals surface area contributed by atoms with Gasteiger partial charge in [-0.25, -0.2) is 18.7 Å². The van der Waals surface area contributed by atoms with E-state index in [1.165, 1.54) is 56.7 Å². The summed E-state index contributed by atoms with van der Waals surface area (Å²) in [5, 5.41) is 8.55. The van der Waals surface area contributed by atoms with Crippen LogP contribution in [-0.2, 0) is 95.9 Å². The Morgan fingerprint density at radius 2 is 1.44 bits per heavy atom. The van der Waals surface area contributed by atoms with E-state index in [1.54, 1.807) is 12.1 Å². The molecule has 11 N–H and O–H groups in total. The van der Waals surface area contributed by atoms with Crippen molar-refractivity contribution in [1.29, 1.82) is 0 Å². The topological polar surface area (TPSA) is 457 Å². The quantitative estimate of drug-likeness (QED) is 0.00666. The number of nitrogens with zero attached hydrogens (tertiary/aromatic N) is 5. The smallest absolute Gasteiger partial charge is 0.379 e. The number of nitrogens with one attached hydrogen (secondary N) is 3. The van der Waals surface area contributed by atoms with Gasteiger partial charge in [0.1, 0.15) is 24.0 Å². The first-order valence-electron chi connectivity index (χ1n) is 31.7. The summed E-state index contributed by atoms with van der Waals surface area (Å²) in [5.41, 5.74) is 9.75. The number of hydrogen-bond donors (Lipinski definition) is 10. The van der Waals surface area contributed by atoms with Gasteiger partial charge in [-0.2, -0.15) is 30.4 Å². The van der Waals surface area contributed by atoms with Crippen molar-refractivity contribution in [3.05, 3.63) is 102 Å². The maximum atomic E-state index is 12.7. The molecule has 7 rings (SSSR count). The highest BCUT2D eigenvalue weighted by molar-refractivity contribution is 8.77. The molecule has 1 saturated heterocycles. The van der Waals surface area contributed by atoms with Gasteiger partial charge in [-0.1, -0.05) is 86.6 Å². The van der Waals surface area contributed by atoms with Gasteiger partial charge in [0, 0.05) is 78.1 Å². The molecule has 2 amide bonds. The van der Waals surface area contributed by atoms with Gasteiger partial charge in [0.2, 0.25) is 11.8 Å². The Labute approximate surface area is 589 Å². The van der Waals surface area contributed by atoms with Crippen LogP contribution >= 0.6 is 45.1 Å². The minimum absolute atomic E-state index is 0.0372. The number of rotatable bonds is 42. The van der Waals surface area contributed by atoms with Gasteiger partial charge in [0.05, 0.1) is 93.4 Å². The van der Waals surface area contributed by atoms with Crippen LogP contribution < -0.4 is 31.5 Å². The number of ether oxygens (including phenoxy) is 6. The molecule has 4 aliphatic rings. The average Bonchev–Trinajstić information content (AvgIpc) is 1.59. The molecule has 33 nitrogen and oxygen atoms in total. The van der Waals surface area contributed by atoms with Crippen molar-refractivity contribution in [1.82, 2.24) is 25.5 Å². The number of nitrogens with two attached hydrogens (primary N) is 1. The summed E-state index contributed by atoms with van der Waals surface area (Å²) in [4.78, 5) is 75.4. The van der Waals surface area contributed by atoms with Gasteiger partial charge in [0.15, 0.2) is 11.8 Å². The van der Waals surface area contributed by atoms with Crippen LogP contribution in [-0.4, -0.2) is 187 Å². The van der Waals surface area contributed by atoms with Gasteiger partial charge in [-0.15, -0.1) is 0 Å². The number of fused-ring (bicyclic) bond motifs is 3. The number of hydrogen-bond acceptors (Lipinski definition) is 26. The summed E-state index contributed by atoms with van der Waals surface area (Å²) < 4.78 is 152. The molecule has 0 bridgehead atoms. The van der Waals surface area contributed by atoms with Crippen molar-refractivity contribution in [3.63, 3.8) is 0 Å². The predicted molar refractivity (Wildman–Crippen MR) is 374 cm³/mol. The molecule has 1 fully saturated rings. The Bertz CT molecular complexity index is 3890. The zero-order valence-electron chi connectivity index (χ0n) is 56.4.